The predicted molar refractivity (Wildman–Crippen MR) is 77.0 cm³/mol. The minimum atomic E-state index is 0.305. The van der Waals surface area contributed by atoms with Crippen molar-refractivity contribution in [3.05, 3.63) is 29.3 Å². The molecule has 1 aliphatic heterocycles. The van der Waals surface area contributed by atoms with Crippen molar-refractivity contribution in [2.45, 2.75) is 19.4 Å². The van der Waals surface area contributed by atoms with Gasteiger partial charge in [-0.1, -0.05) is 6.07 Å². The number of nitrogens with one attached hydrogen (secondary N) is 1. The zero-order valence-electron chi connectivity index (χ0n) is 10.9. The fraction of sp³-hybridized carbons (Fsp3) is 0.500. The monoisotopic (exact) mass is 277 g/mol. The molecule has 4 nitrogen and oxygen atoms in total. The molecule has 3 rings (SSSR count). The number of rotatable bonds is 4. The molecule has 5 heteroatoms. The fourth-order valence-corrected chi connectivity index (χ4v) is 3.51. The van der Waals surface area contributed by atoms with Crippen LogP contribution in [-0.2, 0) is 6.54 Å². The molecule has 1 unspecified atom stereocenters. The maximum atomic E-state index is 9.30. The second kappa shape index (κ2) is 5.86. The molecule has 0 saturated carbocycles. The van der Waals surface area contributed by atoms with Gasteiger partial charge in [-0.15, -0.1) is 11.3 Å². The molecule has 0 bridgehead atoms. The molecule has 0 aromatic carbocycles. The van der Waals surface area contributed by atoms with Crippen LogP contribution in [0.15, 0.2) is 23.7 Å². The third kappa shape index (κ3) is 2.88. The summed E-state index contributed by atoms with van der Waals surface area (Å²) in [4.78, 5) is 3.66. The second-order valence-corrected chi connectivity index (χ2v) is 6.12. The number of aromatic amines is 1. The Bertz CT molecular complexity index is 509. The first kappa shape index (κ1) is 12.8. The van der Waals surface area contributed by atoms with Gasteiger partial charge in [0.25, 0.3) is 0 Å². The summed E-state index contributed by atoms with van der Waals surface area (Å²) >= 11 is 1.73. The standard InChI is InChI=1S/C14H19N3OS/c18-10-11-3-1-5-17(8-11)9-12-7-15-16-14(12)13-4-2-6-19-13/h2,4,6-7,11,18H,1,3,5,8-10H2,(H,15,16). The number of thiophene rings is 1. The molecule has 0 radical (unpaired) electrons. The van der Waals surface area contributed by atoms with E-state index in [1.165, 1.54) is 16.9 Å². The number of aliphatic hydroxyl groups is 1. The Balaban J connectivity index is 1.72. The smallest absolute Gasteiger partial charge is 0.0794 e. The molecule has 1 atom stereocenters. The van der Waals surface area contributed by atoms with E-state index in [0.29, 0.717) is 12.5 Å². The van der Waals surface area contributed by atoms with Crippen molar-refractivity contribution in [3.8, 4) is 10.6 Å². The number of hydrogen-bond donors (Lipinski definition) is 2. The maximum Gasteiger partial charge on any atom is 0.0794 e. The van der Waals surface area contributed by atoms with E-state index in [-0.39, 0.29) is 0 Å². The topological polar surface area (TPSA) is 52.1 Å². The Kier molecular flexibility index (Phi) is 3.96. The van der Waals surface area contributed by atoms with E-state index in [1.54, 1.807) is 11.3 Å². The molecule has 2 aromatic heterocycles. The molecule has 0 aliphatic carbocycles. The van der Waals surface area contributed by atoms with Crippen LogP contribution in [0.1, 0.15) is 18.4 Å². The number of hydrogen-bond acceptors (Lipinski definition) is 4. The van der Waals surface area contributed by atoms with Crippen molar-refractivity contribution in [3.63, 3.8) is 0 Å². The summed E-state index contributed by atoms with van der Waals surface area (Å²) in [6.07, 6.45) is 4.26. The number of likely N-dealkylation sites (tertiary alicyclic amines) is 1. The zero-order valence-corrected chi connectivity index (χ0v) is 11.7. The van der Waals surface area contributed by atoms with Gasteiger partial charge in [0.05, 0.1) is 16.8 Å². The molecule has 102 valence electrons. The van der Waals surface area contributed by atoms with E-state index in [2.05, 4.69) is 32.6 Å². The van der Waals surface area contributed by atoms with Crippen molar-refractivity contribution in [1.82, 2.24) is 15.1 Å². The molecule has 0 spiro atoms. The SMILES string of the molecule is OCC1CCCN(Cc2cn[nH]c2-c2cccs2)C1. The average molecular weight is 277 g/mol. The largest absolute Gasteiger partial charge is 0.396 e. The first-order valence-corrected chi connectivity index (χ1v) is 7.64. The predicted octanol–water partition coefficient (Wildman–Crippen LogP) is 2.34. The number of aromatic nitrogens is 2. The Morgan fingerprint density at radius 2 is 2.47 bits per heavy atom. The summed E-state index contributed by atoms with van der Waals surface area (Å²) < 4.78 is 0. The van der Waals surface area contributed by atoms with Gasteiger partial charge in [0.2, 0.25) is 0 Å². The van der Waals surface area contributed by atoms with Crippen LogP contribution in [0.2, 0.25) is 0 Å². The first-order chi connectivity index (χ1) is 9.36. The highest BCUT2D eigenvalue weighted by molar-refractivity contribution is 7.13. The third-order valence-corrected chi connectivity index (χ3v) is 4.63. The van der Waals surface area contributed by atoms with Crippen molar-refractivity contribution in [2.24, 2.45) is 5.92 Å². The quantitative estimate of drug-likeness (QED) is 0.902. The van der Waals surface area contributed by atoms with Gasteiger partial charge in [-0.2, -0.15) is 5.10 Å². The van der Waals surface area contributed by atoms with E-state index in [4.69, 9.17) is 0 Å². The van der Waals surface area contributed by atoms with Gasteiger partial charge >= 0.3 is 0 Å². The van der Waals surface area contributed by atoms with Gasteiger partial charge in [0.15, 0.2) is 0 Å². The minimum absolute atomic E-state index is 0.305. The van der Waals surface area contributed by atoms with Crippen molar-refractivity contribution in [1.29, 1.82) is 0 Å². The summed E-state index contributed by atoms with van der Waals surface area (Å²) in [5.41, 5.74) is 2.39. The van der Waals surface area contributed by atoms with Crippen LogP contribution in [0, 0.1) is 5.92 Å². The molecule has 19 heavy (non-hydrogen) atoms. The van der Waals surface area contributed by atoms with Crippen LogP contribution in [0.25, 0.3) is 10.6 Å². The summed E-state index contributed by atoms with van der Waals surface area (Å²) in [5.74, 6) is 0.436. The summed E-state index contributed by atoms with van der Waals surface area (Å²) in [5, 5.41) is 18.7. The van der Waals surface area contributed by atoms with Gasteiger partial charge in [0, 0.05) is 25.3 Å². The van der Waals surface area contributed by atoms with Crippen LogP contribution in [0.5, 0.6) is 0 Å². The van der Waals surface area contributed by atoms with E-state index in [9.17, 15) is 5.11 Å². The van der Waals surface area contributed by atoms with Gasteiger partial charge in [-0.05, 0) is 36.8 Å². The molecule has 1 fully saturated rings. The lowest BCUT2D eigenvalue weighted by molar-refractivity contribution is 0.116. The highest BCUT2D eigenvalue weighted by atomic mass is 32.1. The summed E-state index contributed by atoms with van der Waals surface area (Å²) in [7, 11) is 0. The highest BCUT2D eigenvalue weighted by Gasteiger charge is 2.20. The highest BCUT2D eigenvalue weighted by Crippen LogP contribution is 2.27. The van der Waals surface area contributed by atoms with Gasteiger partial charge in [0.1, 0.15) is 0 Å². The second-order valence-electron chi connectivity index (χ2n) is 5.17. The minimum Gasteiger partial charge on any atom is -0.396 e. The van der Waals surface area contributed by atoms with Crippen LogP contribution in [0.4, 0.5) is 0 Å². The molecule has 1 aliphatic rings. The third-order valence-electron chi connectivity index (χ3n) is 3.74. The lowest BCUT2D eigenvalue weighted by atomic mass is 9.98. The van der Waals surface area contributed by atoms with Crippen LogP contribution in [0.3, 0.4) is 0 Å². The lowest BCUT2D eigenvalue weighted by Crippen LogP contribution is -2.36. The maximum absolute atomic E-state index is 9.30. The Morgan fingerprint density at radius 3 is 3.26 bits per heavy atom. The fourth-order valence-electron chi connectivity index (χ4n) is 2.75. The van der Waals surface area contributed by atoms with Crippen LogP contribution < -0.4 is 0 Å². The summed E-state index contributed by atoms with van der Waals surface area (Å²) in [6, 6.07) is 4.18. The number of piperidine rings is 1. The molecule has 2 N–H and O–H groups in total. The zero-order chi connectivity index (χ0) is 13.1. The Labute approximate surface area is 117 Å². The number of H-pyrrole nitrogens is 1. The van der Waals surface area contributed by atoms with Crippen LogP contribution >= 0.6 is 11.3 Å². The van der Waals surface area contributed by atoms with Crippen molar-refractivity contribution < 1.29 is 5.11 Å². The Hall–Kier alpha value is -1.17. The van der Waals surface area contributed by atoms with E-state index >= 15 is 0 Å². The van der Waals surface area contributed by atoms with Crippen molar-refractivity contribution in [2.75, 3.05) is 19.7 Å². The van der Waals surface area contributed by atoms with Crippen LogP contribution in [-0.4, -0.2) is 39.9 Å². The molecular weight excluding hydrogens is 258 g/mol. The molecule has 3 heterocycles. The summed E-state index contributed by atoms with van der Waals surface area (Å²) in [6.45, 7) is 3.33. The molecule has 1 saturated heterocycles. The Morgan fingerprint density at radius 1 is 1.53 bits per heavy atom. The normalized spacial score (nSPS) is 20.8. The average Bonchev–Trinajstić information content (AvgIpc) is 3.09. The van der Waals surface area contributed by atoms with Gasteiger partial charge < -0.3 is 5.11 Å². The lowest BCUT2D eigenvalue weighted by Gasteiger charge is -2.31. The molecule has 0 amide bonds. The number of nitrogens with zero attached hydrogens (tertiary/aromatic N) is 2. The van der Waals surface area contributed by atoms with Gasteiger partial charge in [-0.3, -0.25) is 10.00 Å². The van der Waals surface area contributed by atoms with E-state index in [1.807, 2.05) is 6.20 Å². The van der Waals surface area contributed by atoms with E-state index in [0.717, 1.165) is 31.7 Å². The molecule has 2 aromatic rings. The molecular formula is C14H19N3OS. The number of aliphatic hydroxyl groups excluding tert-OH is 1. The van der Waals surface area contributed by atoms with Gasteiger partial charge in [-0.25, -0.2) is 0 Å². The first-order valence-electron chi connectivity index (χ1n) is 6.76. The van der Waals surface area contributed by atoms with Crippen molar-refractivity contribution >= 4 is 11.3 Å². The van der Waals surface area contributed by atoms with E-state index < -0.39 is 0 Å².